The Labute approximate surface area is 184 Å². The first-order chi connectivity index (χ1) is 14.9. The summed E-state index contributed by atoms with van der Waals surface area (Å²) in [6.07, 6.45) is 3.91. The van der Waals surface area contributed by atoms with Crippen molar-refractivity contribution in [1.82, 2.24) is 24.1 Å². The summed E-state index contributed by atoms with van der Waals surface area (Å²) in [4.78, 5) is 19.3. The average Bonchev–Trinajstić information content (AvgIpc) is 3.44. The molecule has 0 saturated carbocycles. The number of benzene rings is 1. The Morgan fingerprint density at radius 2 is 1.97 bits per heavy atom. The van der Waals surface area contributed by atoms with E-state index >= 15 is 0 Å². The summed E-state index contributed by atoms with van der Waals surface area (Å²) < 4.78 is 3.57. The fourth-order valence-corrected chi connectivity index (χ4v) is 4.50. The van der Waals surface area contributed by atoms with Crippen LogP contribution in [0.5, 0.6) is 0 Å². The van der Waals surface area contributed by atoms with Crippen molar-refractivity contribution in [2.75, 3.05) is 13.1 Å². The minimum absolute atomic E-state index is 0.105. The lowest BCUT2D eigenvalue weighted by atomic mass is 9.99. The number of amides is 1. The van der Waals surface area contributed by atoms with Gasteiger partial charge in [0.2, 0.25) is 0 Å². The Bertz CT molecular complexity index is 1310. The van der Waals surface area contributed by atoms with Gasteiger partial charge in [0.25, 0.3) is 5.91 Å². The molecule has 3 aromatic heterocycles. The SMILES string of the molecule is Cc1nn(C)cc1-c1ccccc1-c1nc2cc(C(=O)N3CC[C@@H](O)C3)ccn2c1Cl. The molecular formula is C23H22ClN5O2. The molecule has 1 N–H and O–H groups in total. The van der Waals surface area contributed by atoms with E-state index in [2.05, 4.69) is 5.10 Å². The number of carbonyl (C=O) groups is 1. The third-order valence-corrected chi connectivity index (χ3v) is 6.11. The van der Waals surface area contributed by atoms with Gasteiger partial charge in [0, 0.05) is 49.2 Å². The molecule has 0 radical (unpaired) electrons. The molecule has 1 atom stereocenters. The van der Waals surface area contributed by atoms with Gasteiger partial charge in [-0.1, -0.05) is 35.9 Å². The van der Waals surface area contributed by atoms with E-state index in [1.54, 1.807) is 32.3 Å². The molecule has 1 fully saturated rings. The molecule has 31 heavy (non-hydrogen) atoms. The van der Waals surface area contributed by atoms with Crippen molar-refractivity contribution in [3.8, 4) is 22.4 Å². The van der Waals surface area contributed by atoms with Gasteiger partial charge in [-0.3, -0.25) is 13.9 Å². The molecular weight excluding hydrogens is 414 g/mol. The number of aromatic nitrogens is 4. The van der Waals surface area contributed by atoms with E-state index in [1.807, 2.05) is 44.4 Å². The normalized spacial score (nSPS) is 16.4. The third-order valence-electron chi connectivity index (χ3n) is 5.75. The number of fused-ring (bicyclic) bond motifs is 1. The fourth-order valence-electron chi connectivity index (χ4n) is 4.22. The van der Waals surface area contributed by atoms with Crippen molar-refractivity contribution in [2.24, 2.45) is 7.05 Å². The quantitative estimate of drug-likeness (QED) is 0.533. The van der Waals surface area contributed by atoms with Crippen LogP contribution in [0.3, 0.4) is 0 Å². The maximum Gasteiger partial charge on any atom is 0.254 e. The first-order valence-corrected chi connectivity index (χ1v) is 10.5. The van der Waals surface area contributed by atoms with Gasteiger partial charge in [0.05, 0.1) is 11.8 Å². The molecule has 4 aromatic rings. The molecule has 1 aromatic carbocycles. The Morgan fingerprint density at radius 1 is 1.19 bits per heavy atom. The highest BCUT2D eigenvalue weighted by Gasteiger charge is 2.26. The van der Waals surface area contributed by atoms with Gasteiger partial charge in [-0.25, -0.2) is 4.98 Å². The number of hydrogen-bond donors (Lipinski definition) is 1. The van der Waals surface area contributed by atoms with Crippen LogP contribution in [0.15, 0.2) is 48.8 Å². The lowest BCUT2D eigenvalue weighted by molar-refractivity contribution is 0.0765. The average molecular weight is 436 g/mol. The van der Waals surface area contributed by atoms with E-state index in [0.717, 1.165) is 22.4 Å². The van der Waals surface area contributed by atoms with Crippen LogP contribution in [0.2, 0.25) is 5.15 Å². The number of likely N-dealkylation sites (tertiary alicyclic amines) is 1. The number of rotatable bonds is 3. The number of hydrogen-bond acceptors (Lipinski definition) is 4. The van der Waals surface area contributed by atoms with Crippen molar-refractivity contribution in [2.45, 2.75) is 19.4 Å². The largest absolute Gasteiger partial charge is 0.391 e. The predicted octanol–water partition coefficient (Wildman–Crippen LogP) is 3.57. The number of nitrogens with zero attached hydrogens (tertiary/aromatic N) is 5. The van der Waals surface area contributed by atoms with E-state index < -0.39 is 6.10 Å². The number of imidazole rings is 1. The molecule has 0 aliphatic carbocycles. The first-order valence-electron chi connectivity index (χ1n) is 10.2. The summed E-state index contributed by atoms with van der Waals surface area (Å²) in [6, 6.07) is 11.5. The van der Waals surface area contributed by atoms with Crippen LogP contribution in [0.25, 0.3) is 28.0 Å². The van der Waals surface area contributed by atoms with Gasteiger partial charge in [-0.2, -0.15) is 5.10 Å². The van der Waals surface area contributed by atoms with Crippen molar-refractivity contribution in [3.63, 3.8) is 0 Å². The summed E-state index contributed by atoms with van der Waals surface area (Å²) in [7, 11) is 1.90. The van der Waals surface area contributed by atoms with Crippen LogP contribution in [-0.4, -0.2) is 54.3 Å². The predicted molar refractivity (Wildman–Crippen MR) is 119 cm³/mol. The monoisotopic (exact) mass is 435 g/mol. The van der Waals surface area contributed by atoms with Crippen LogP contribution in [0, 0.1) is 6.92 Å². The van der Waals surface area contributed by atoms with Gasteiger partial charge in [0.1, 0.15) is 16.5 Å². The minimum Gasteiger partial charge on any atom is -0.391 e. The van der Waals surface area contributed by atoms with Crippen molar-refractivity contribution in [1.29, 1.82) is 0 Å². The lowest BCUT2D eigenvalue weighted by Crippen LogP contribution is -2.29. The summed E-state index contributed by atoms with van der Waals surface area (Å²) in [5.74, 6) is -0.105. The second-order valence-electron chi connectivity index (χ2n) is 7.94. The number of halogens is 1. The summed E-state index contributed by atoms with van der Waals surface area (Å²) in [5.41, 5.74) is 5.64. The van der Waals surface area contributed by atoms with Gasteiger partial charge >= 0.3 is 0 Å². The second-order valence-corrected chi connectivity index (χ2v) is 8.29. The van der Waals surface area contributed by atoms with Crippen LogP contribution in [-0.2, 0) is 7.05 Å². The maximum absolute atomic E-state index is 12.8. The first kappa shape index (κ1) is 19.8. The summed E-state index contributed by atoms with van der Waals surface area (Å²) >= 11 is 6.73. The molecule has 5 rings (SSSR count). The molecule has 1 amide bonds. The number of aliphatic hydroxyl groups excluding tert-OH is 1. The smallest absolute Gasteiger partial charge is 0.254 e. The number of β-amino-alcohol motifs (C(OH)–C–C–N with tert-alkyl or cyclic N) is 1. The minimum atomic E-state index is -0.451. The van der Waals surface area contributed by atoms with Crippen molar-refractivity contribution in [3.05, 3.63) is 65.2 Å². The molecule has 1 aliphatic heterocycles. The Hall–Kier alpha value is -3.16. The Kier molecular flexibility index (Phi) is 4.79. The van der Waals surface area contributed by atoms with E-state index in [9.17, 15) is 9.90 Å². The molecule has 8 heteroatoms. The van der Waals surface area contributed by atoms with E-state index in [4.69, 9.17) is 16.6 Å². The molecule has 0 bridgehead atoms. The van der Waals surface area contributed by atoms with Gasteiger partial charge < -0.3 is 10.0 Å². The van der Waals surface area contributed by atoms with Gasteiger partial charge in [0.15, 0.2) is 0 Å². The molecule has 4 heterocycles. The van der Waals surface area contributed by atoms with Crippen LogP contribution in [0.1, 0.15) is 22.5 Å². The second kappa shape index (κ2) is 7.51. The van der Waals surface area contributed by atoms with Crippen molar-refractivity contribution < 1.29 is 9.90 Å². The standard InChI is InChI=1S/C23H22ClN5O2/c1-14-19(13-27(2)26-14)17-5-3-4-6-18(17)21-22(24)29-10-7-15(11-20(29)25-21)23(31)28-9-8-16(30)12-28/h3-7,10-11,13,16,30H,8-9,12H2,1-2H3/t16-/m1/s1. The highest BCUT2D eigenvalue weighted by Crippen LogP contribution is 2.37. The van der Waals surface area contributed by atoms with E-state index in [1.165, 1.54) is 0 Å². The van der Waals surface area contributed by atoms with E-state index in [-0.39, 0.29) is 5.91 Å². The number of aliphatic hydroxyl groups is 1. The number of pyridine rings is 1. The maximum atomic E-state index is 12.8. The highest BCUT2D eigenvalue weighted by atomic mass is 35.5. The Balaban J connectivity index is 1.59. The van der Waals surface area contributed by atoms with Crippen molar-refractivity contribution >= 4 is 23.2 Å². The third kappa shape index (κ3) is 3.40. The highest BCUT2D eigenvalue weighted by molar-refractivity contribution is 6.32. The van der Waals surface area contributed by atoms with E-state index in [0.29, 0.717) is 41.6 Å². The molecule has 1 aliphatic rings. The zero-order valence-electron chi connectivity index (χ0n) is 17.3. The molecule has 158 valence electrons. The zero-order chi connectivity index (χ0) is 21.7. The summed E-state index contributed by atoms with van der Waals surface area (Å²) in [5, 5.41) is 14.7. The Morgan fingerprint density at radius 3 is 2.65 bits per heavy atom. The van der Waals surface area contributed by atoms with Gasteiger partial charge in [-0.05, 0) is 31.0 Å². The zero-order valence-corrected chi connectivity index (χ0v) is 18.0. The fraction of sp³-hybridized carbons (Fsp3) is 0.261. The van der Waals surface area contributed by atoms with Crippen LogP contribution in [0.4, 0.5) is 0 Å². The number of aryl methyl sites for hydroxylation is 2. The van der Waals surface area contributed by atoms with Crippen LogP contribution >= 0.6 is 11.6 Å². The summed E-state index contributed by atoms with van der Waals surface area (Å²) in [6.45, 7) is 2.90. The molecule has 0 unspecified atom stereocenters. The number of carbonyl (C=O) groups excluding carboxylic acids is 1. The van der Waals surface area contributed by atoms with Gasteiger partial charge in [-0.15, -0.1) is 0 Å². The molecule has 0 spiro atoms. The van der Waals surface area contributed by atoms with Crippen LogP contribution < -0.4 is 0 Å². The lowest BCUT2D eigenvalue weighted by Gasteiger charge is -2.15. The molecule has 7 nitrogen and oxygen atoms in total. The topological polar surface area (TPSA) is 75.7 Å². The molecule has 1 saturated heterocycles.